The van der Waals surface area contributed by atoms with Crippen LogP contribution >= 0.6 is 11.6 Å². The molecule has 94 valence electrons. The van der Waals surface area contributed by atoms with E-state index in [0.717, 1.165) is 24.5 Å². The molecule has 1 aromatic carbocycles. The second-order valence-electron chi connectivity index (χ2n) is 4.21. The van der Waals surface area contributed by atoms with Crippen molar-refractivity contribution in [2.24, 2.45) is 0 Å². The van der Waals surface area contributed by atoms with Crippen molar-refractivity contribution in [1.29, 1.82) is 0 Å². The molecule has 18 heavy (non-hydrogen) atoms. The van der Waals surface area contributed by atoms with Gasteiger partial charge >= 0.3 is 0 Å². The van der Waals surface area contributed by atoms with Crippen molar-refractivity contribution < 1.29 is 0 Å². The molecule has 0 atom stereocenters. The molecule has 0 amide bonds. The summed E-state index contributed by atoms with van der Waals surface area (Å²) in [4.78, 5) is 4.05. The first-order valence-corrected chi connectivity index (χ1v) is 6.58. The Bertz CT molecular complexity index is 497. The number of nitrogens with zero attached hydrogens (tertiary/aromatic N) is 1. The Hall–Kier alpha value is -1.38. The lowest BCUT2D eigenvalue weighted by atomic mass is 10.0. The lowest BCUT2D eigenvalue weighted by molar-refractivity contribution is 0.676. The minimum absolute atomic E-state index is 0.779. The van der Waals surface area contributed by atoms with Gasteiger partial charge < -0.3 is 5.32 Å². The number of hydrogen-bond acceptors (Lipinski definition) is 2. The molecule has 0 aliphatic heterocycles. The van der Waals surface area contributed by atoms with Crippen LogP contribution in [0.15, 0.2) is 42.7 Å². The van der Waals surface area contributed by atoms with Crippen LogP contribution in [0.5, 0.6) is 0 Å². The van der Waals surface area contributed by atoms with E-state index in [0.29, 0.717) is 0 Å². The van der Waals surface area contributed by atoms with E-state index in [2.05, 4.69) is 23.3 Å². The van der Waals surface area contributed by atoms with Gasteiger partial charge in [-0.05, 0) is 53.9 Å². The fraction of sp³-hybridized carbons (Fsp3) is 0.267. The average molecular weight is 261 g/mol. The number of pyridine rings is 1. The van der Waals surface area contributed by atoms with Gasteiger partial charge in [0.1, 0.15) is 0 Å². The smallest absolute Gasteiger partial charge is 0.0409 e. The van der Waals surface area contributed by atoms with Crippen molar-refractivity contribution in [3.63, 3.8) is 0 Å². The van der Waals surface area contributed by atoms with Gasteiger partial charge in [0, 0.05) is 24.0 Å². The normalized spacial score (nSPS) is 10.6. The Morgan fingerprint density at radius 3 is 2.67 bits per heavy atom. The average Bonchev–Trinajstić information content (AvgIpc) is 2.40. The first kappa shape index (κ1) is 13.1. The summed E-state index contributed by atoms with van der Waals surface area (Å²) in [6.45, 7) is 4.02. The first-order valence-electron chi connectivity index (χ1n) is 6.21. The molecule has 3 heteroatoms. The van der Waals surface area contributed by atoms with E-state index in [1.807, 2.05) is 36.7 Å². The van der Waals surface area contributed by atoms with E-state index < -0.39 is 0 Å². The molecule has 1 N–H and O–H groups in total. The fourth-order valence-electron chi connectivity index (χ4n) is 1.92. The predicted molar refractivity (Wildman–Crippen MR) is 76.7 cm³/mol. The fourth-order valence-corrected chi connectivity index (χ4v) is 2.12. The molecule has 1 aromatic heterocycles. The van der Waals surface area contributed by atoms with E-state index >= 15 is 0 Å². The monoisotopic (exact) mass is 260 g/mol. The second kappa shape index (κ2) is 6.53. The topological polar surface area (TPSA) is 24.9 Å². The Morgan fingerprint density at radius 2 is 1.94 bits per heavy atom. The van der Waals surface area contributed by atoms with E-state index in [4.69, 9.17) is 11.6 Å². The summed E-state index contributed by atoms with van der Waals surface area (Å²) in [5, 5.41) is 4.19. The van der Waals surface area contributed by atoms with Crippen molar-refractivity contribution in [1.82, 2.24) is 10.3 Å². The minimum Gasteiger partial charge on any atom is -0.313 e. The van der Waals surface area contributed by atoms with Crippen molar-refractivity contribution >= 4 is 11.6 Å². The molecule has 0 saturated heterocycles. The summed E-state index contributed by atoms with van der Waals surface area (Å²) >= 11 is 6.08. The van der Waals surface area contributed by atoms with Gasteiger partial charge in [0.05, 0.1) is 0 Å². The third kappa shape index (κ3) is 3.31. The van der Waals surface area contributed by atoms with E-state index in [1.165, 1.54) is 16.7 Å². The van der Waals surface area contributed by atoms with Gasteiger partial charge in [0.15, 0.2) is 0 Å². The standard InChI is InChI=1S/C15H17ClN2/c1-2-7-18-11-13-10-14(16)3-4-15(13)12-5-8-17-9-6-12/h3-6,8-10,18H,2,7,11H2,1H3. The van der Waals surface area contributed by atoms with Gasteiger partial charge in [-0.1, -0.05) is 24.6 Å². The number of aromatic nitrogens is 1. The highest BCUT2D eigenvalue weighted by atomic mass is 35.5. The van der Waals surface area contributed by atoms with Crippen LogP contribution in [-0.4, -0.2) is 11.5 Å². The van der Waals surface area contributed by atoms with Crippen molar-refractivity contribution in [2.45, 2.75) is 19.9 Å². The highest BCUT2D eigenvalue weighted by molar-refractivity contribution is 6.30. The van der Waals surface area contributed by atoms with Crippen LogP contribution in [0, 0.1) is 0 Å². The highest BCUT2D eigenvalue weighted by Gasteiger charge is 2.05. The molecule has 0 spiro atoms. The molecule has 0 aliphatic carbocycles. The summed E-state index contributed by atoms with van der Waals surface area (Å²) in [6.07, 6.45) is 4.76. The SMILES string of the molecule is CCCNCc1cc(Cl)ccc1-c1ccncc1. The molecule has 2 rings (SSSR count). The summed E-state index contributed by atoms with van der Waals surface area (Å²) in [6, 6.07) is 10.1. The largest absolute Gasteiger partial charge is 0.313 e. The summed E-state index contributed by atoms with van der Waals surface area (Å²) in [5.41, 5.74) is 3.61. The van der Waals surface area contributed by atoms with Gasteiger partial charge in [-0.3, -0.25) is 4.98 Å². The van der Waals surface area contributed by atoms with Crippen LogP contribution in [0.2, 0.25) is 5.02 Å². The molecule has 1 heterocycles. The van der Waals surface area contributed by atoms with Crippen LogP contribution in [0.1, 0.15) is 18.9 Å². The second-order valence-corrected chi connectivity index (χ2v) is 4.65. The van der Waals surface area contributed by atoms with E-state index in [9.17, 15) is 0 Å². The highest BCUT2D eigenvalue weighted by Crippen LogP contribution is 2.26. The van der Waals surface area contributed by atoms with Crippen LogP contribution in [0.25, 0.3) is 11.1 Å². The molecule has 0 unspecified atom stereocenters. The summed E-state index contributed by atoms with van der Waals surface area (Å²) in [7, 11) is 0. The number of nitrogens with one attached hydrogen (secondary N) is 1. The predicted octanol–water partition coefficient (Wildman–Crippen LogP) is 3.90. The molecule has 2 aromatic rings. The quantitative estimate of drug-likeness (QED) is 0.825. The molecule has 2 nitrogen and oxygen atoms in total. The Kier molecular flexibility index (Phi) is 4.73. The zero-order valence-corrected chi connectivity index (χ0v) is 11.2. The third-order valence-corrected chi connectivity index (χ3v) is 3.04. The van der Waals surface area contributed by atoms with Gasteiger partial charge in [-0.25, -0.2) is 0 Å². The zero-order valence-electron chi connectivity index (χ0n) is 10.5. The van der Waals surface area contributed by atoms with Crippen molar-refractivity contribution in [3.05, 3.63) is 53.3 Å². The van der Waals surface area contributed by atoms with Gasteiger partial charge in [-0.15, -0.1) is 0 Å². The molecule has 0 saturated carbocycles. The number of rotatable bonds is 5. The van der Waals surface area contributed by atoms with Crippen LogP contribution in [0.4, 0.5) is 0 Å². The van der Waals surface area contributed by atoms with Crippen LogP contribution in [-0.2, 0) is 6.54 Å². The Labute approximate surface area is 113 Å². The molecule has 0 fully saturated rings. The van der Waals surface area contributed by atoms with Crippen molar-refractivity contribution in [3.8, 4) is 11.1 Å². The lowest BCUT2D eigenvalue weighted by Gasteiger charge is -2.11. The first-order chi connectivity index (χ1) is 8.81. The number of halogens is 1. The Morgan fingerprint density at radius 1 is 1.17 bits per heavy atom. The third-order valence-electron chi connectivity index (χ3n) is 2.80. The molecule has 0 bridgehead atoms. The van der Waals surface area contributed by atoms with Gasteiger partial charge in [0.25, 0.3) is 0 Å². The molecular formula is C15H17ClN2. The minimum atomic E-state index is 0.779. The Balaban J connectivity index is 2.29. The lowest BCUT2D eigenvalue weighted by Crippen LogP contribution is -2.14. The maximum atomic E-state index is 6.08. The molecule has 0 radical (unpaired) electrons. The number of hydrogen-bond donors (Lipinski definition) is 1. The summed E-state index contributed by atoms with van der Waals surface area (Å²) < 4.78 is 0. The summed E-state index contributed by atoms with van der Waals surface area (Å²) in [5.74, 6) is 0. The molecular weight excluding hydrogens is 244 g/mol. The maximum Gasteiger partial charge on any atom is 0.0409 e. The van der Waals surface area contributed by atoms with Gasteiger partial charge in [-0.2, -0.15) is 0 Å². The van der Waals surface area contributed by atoms with E-state index in [-0.39, 0.29) is 0 Å². The van der Waals surface area contributed by atoms with E-state index in [1.54, 1.807) is 0 Å². The maximum absolute atomic E-state index is 6.08. The van der Waals surface area contributed by atoms with Crippen LogP contribution < -0.4 is 5.32 Å². The zero-order chi connectivity index (χ0) is 12.8. The van der Waals surface area contributed by atoms with Crippen molar-refractivity contribution in [2.75, 3.05) is 6.54 Å². The number of benzene rings is 1. The molecule has 0 aliphatic rings. The van der Waals surface area contributed by atoms with Gasteiger partial charge in [0.2, 0.25) is 0 Å². The van der Waals surface area contributed by atoms with Crippen LogP contribution in [0.3, 0.4) is 0 Å².